The van der Waals surface area contributed by atoms with Crippen molar-refractivity contribution in [2.75, 3.05) is 0 Å². The number of nitrogens with zero attached hydrogens (tertiary/aromatic N) is 4. The molecule has 4 aromatic carbocycles. The molecule has 218 valence electrons. The highest BCUT2D eigenvalue weighted by Crippen LogP contribution is 2.47. The Hall–Kier alpha value is -5.42. The van der Waals surface area contributed by atoms with Gasteiger partial charge in [-0.2, -0.15) is 0 Å². The van der Waals surface area contributed by atoms with Crippen molar-refractivity contribution < 1.29 is 4.74 Å². The number of ether oxygens (including phenoxy) is 1. The van der Waals surface area contributed by atoms with Crippen LogP contribution in [-0.4, -0.2) is 19.1 Å². The molecule has 0 bridgehead atoms. The van der Waals surface area contributed by atoms with Crippen LogP contribution in [0.25, 0.3) is 55.2 Å². The van der Waals surface area contributed by atoms with Crippen LogP contribution >= 0.6 is 0 Å². The van der Waals surface area contributed by atoms with Crippen molar-refractivity contribution in [3.05, 3.63) is 132 Å². The number of hydrogen-bond acceptors (Lipinski definition) is 3. The molecule has 5 heterocycles. The molecule has 5 heteroatoms. The van der Waals surface area contributed by atoms with E-state index in [-0.39, 0.29) is 5.41 Å². The summed E-state index contributed by atoms with van der Waals surface area (Å²) in [5, 5.41) is 4.76. The predicted octanol–water partition coefficient (Wildman–Crippen LogP) is 10.2. The molecular weight excluding hydrogens is 552 g/mol. The van der Waals surface area contributed by atoms with Gasteiger partial charge in [0.1, 0.15) is 23.0 Å². The summed E-state index contributed by atoms with van der Waals surface area (Å²) < 4.78 is 11.3. The van der Waals surface area contributed by atoms with Crippen molar-refractivity contribution >= 4 is 43.7 Å². The third-order valence-electron chi connectivity index (χ3n) is 9.61. The van der Waals surface area contributed by atoms with Gasteiger partial charge in [0.25, 0.3) is 0 Å². The molecule has 1 aliphatic heterocycles. The Morgan fingerprint density at radius 1 is 0.622 bits per heavy atom. The Kier molecular flexibility index (Phi) is 5.37. The molecule has 0 fully saturated rings. The first-order valence-electron chi connectivity index (χ1n) is 15.6. The van der Waals surface area contributed by atoms with Crippen LogP contribution in [0.3, 0.4) is 0 Å². The zero-order valence-corrected chi connectivity index (χ0v) is 25.7. The number of rotatable bonds is 4. The first-order valence-corrected chi connectivity index (χ1v) is 15.6. The van der Waals surface area contributed by atoms with E-state index in [9.17, 15) is 0 Å². The van der Waals surface area contributed by atoms with Gasteiger partial charge in [0.05, 0.1) is 22.2 Å². The summed E-state index contributed by atoms with van der Waals surface area (Å²) in [5.41, 5.74) is 9.02. The highest BCUT2D eigenvalue weighted by Gasteiger charge is 2.35. The van der Waals surface area contributed by atoms with E-state index in [1.54, 1.807) is 0 Å². The third kappa shape index (κ3) is 3.67. The summed E-state index contributed by atoms with van der Waals surface area (Å²) in [6, 6.07) is 36.6. The SMILES string of the molecule is CC(C)c1cc(Oc2ccc3c4cccc5c4n(c3c2)-c2ncccc2C5(C)C)cc(-n2c3ccccc3c3cccnc32)c1. The minimum absolute atomic E-state index is 0.151. The zero-order valence-electron chi connectivity index (χ0n) is 25.7. The van der Waals surface area contributed by atoms with E-state index >= 15 is 0 Å². The van der Waals surface area contributed by atoms with Crippen molar-refractivity contribution in [2.24, 2.45) is 0 Å². The van der Waals surface area contributed by atoms with Crippen LogP contribution in [0.15, 0.2) is 116 Å². The lowest BCUT2D eigenvalue weighted by Crippen LogP contribution is -2.26. The Bertz CT molecular complexity index is 2430. The van der Waals surface area contributed by atoms with Crippen LogP contribution in [-0.2, 0) is 5.41 Å². The molecule has 45 heavy (non-hydrogen) atoms. The number of aromatic nitrogens is 4. The average Bonchev–Trinajstić information content (AvgIpc) is 3.57. The van der Waals surface area contributed by atoms with Crippen LogP contribution in [0.1, 0.15) is 50.3 Å². The number of hydrogen-bond donors (Lipinski definition) is 0. The highest BCUT2D eigenvalue weighted by atomic mass is 16.5. The van der Waals surface area contributed by atoms with E-state index in [1.165, 1.54) is 38.4 Å². The second-order valence-electron chi connectivity index (χ2n) is 13.0. The summed E-state index contributed by atoms with van der Waals surface area (Å²) >= 11 is 0. The molecule has 0 N–H and O–H groups in total. The van der Waals surface area contributed by atoms with Crippen LogP contribution in [0.2, 0.25) is 0 Å². The molecule has 0 saturated heterocycles. The third-order valence-corrected chi connectivity index (χ3v) is 9.61. The first-order chi connectivity index (χ1) is 21.9. The van der Waals surface area contributed by atoms with Gasteiger partial charge in [0.15, 0.2) is 0 Å². The number of fused-ring (bicyclic) bond motifs is 8. The van der Waals surface area contributed by atoms with Crippen LogP contribution in [0.4, 0.5) is 0 Å². The largest absolute Gasteiger partial charge is 0.457 e. The summed E-state index contributed by atoms with van der Waals surface area (Å²) in [4.78, 5) is 9.72. The normalized spacial score (nSPS) is 13.7. The van der Waals surface area contributed by atoms with Gasteiger partial charge in [-0.25, -0.2) is 9.97 Å². The summed E-state index contributed by atoms with van der Waals surface area (Å²) in [7, 11) is 0. The van der Waals surface area contributed by atoms with Crippen molar-refractivity contribution in [3.63, 3.8) is 0 Å². The van der Waals surface area contributed by atoms with Gasteiger partial charge >= 0.3 is 0 Å². The van der Waals surface area contributed by atoms with E-state index in [1.807, 2.05) is 24.5 Å². The molecule has 8 aromatic rings. The van der Waals surface area contributed by atoms with Crippen molar-refractivity contribution in [1.82, 2.24) is 19.1 Å². The van der Waals surface area contributed by atoms with Crippen molar-refractivity contribution in [2.45, 2.75) is 39.0 Å². The second-order valence-corrected chi connectivity index (χ2v) is 13.0. The molecule has 0 saturated carbocycles. The van der Waals surface area contributed by atoms with Gasteiger partial charge in [0, 0.05) is 57.0 Å². The molecule has 0 unspecified atom stereocenters. The second kappa shape index (κ2) is 9.29. The smallest absolute Gasteiger partial charge is 0.145 e. The van der Waals surface area contributed by atoms with Gasteiger partial charge < -0.3 is 4.74 Å². The van der Waals surface area contributed by atoms with E-state index in [0.717, 1.165) is 45.1 Å². The summed E-state index contributed by atoms with van der Waals surface area (Å²) in [6.07, 6.45) is 3.76. The van der Waals surface area contributed by atoms with Gasteiger partial charge in [-0.1, -0.05) is 70.2 Å². The lowest BCUT2D eigenvalue weighted by atomic mass is 9.76. The molecule has 0 aliphatic carbocycles. The van der Waals surface area contributed by atoms with Crippen molar-refractivity contribution in [1.29, 1.82) is 0 Å². The maximum absolute atomic E-state index is 6.75. The quantitative estimate of drug-likeness (QED) is 0.207. The fourth-order valence-electron chi connectivity index (χ4n) is 7.36. The lowest BCUT2D eigenvalue weighted by Gasteiger charge is -2.33. The maximum Gasteiger partial charge on any atom is 0.145 e. The molecule has 0 radical (unpaired) electrons. The number of pyridine rings is 2. The van der Waals surface area contributed by atoms with Crippen LogP contribution in [0.5, 0.6) is 11.5 Å². The molecule has 9 rings (SSSR count). The average molecular weight is 585 g/mol. The Balaban J connectivity index is 1.23. The molecule has 0 spiro atoms. The minimum atomic E-state index is -0.151. The fraction of sp³-hybridized carbons (Fsp3) is 0.150. The Morgan fingerprint density at radius 2 is 1.38 bits per heavy atom. The summed E-state index contributed by atoms with van der Waals surface area (Å²) in [6.45, 7) is 9.03. The standard InChI is InChI=1S/C40H32N4O/c1-24(2)25-20-26(43-35-15-6-5-10-29(35)32-12-8-18-41-38(32)43)22-28(21-25)45-27-16-17-30-31-11-7-13-33-37(31)44(36(30)23-27)39-34(40(33,3)4)14-9-19-42-39/h5-24H,1-4H3. The van der Waals surface area contributed by atoms with Crippen LogP contribution < -0.4 is 4.74 Å². The van der Waals surface area contributed by atoms with Gasteiger partial charge in [0.2, 0.25) is 0 Å². The van der Waals surface area contributed by atoms with Crippen molar-refractivity contribution in [3.8, 4) is 23.0 Å². The molecule has 0 amide bonds. The topological polar surface area (TPSA) is 44.9 Å². The number of benzene rings is 4. The summed E-state index contributed by atoms with van der Waals surface area (Å²) in [5.74, 6) is 2.90. The fourth-order valence-corrected chi connectivity index (χ4v) is 7.36. The van der Waals surface area contributed by atoms with Gasteiger partial charge in [-0.3, -0.25) is 9.13 Å². The Labute approximate surface area is 261 Å². The van der Waals surface area contributed by atoms with E-state index in [2.05, 4.69) is 128 Å². The van der Waals surface area contributed by atoms with E-state index in [4.69, 9.17) is 14.7 Å². The molecular formula is C40H32N4O. The van der Waals surface area contributed by atoms with Gasteiger partial charge in [-0.15, -0.1) is 0 Å². The van der Waals surface area contributed by atoms with E-state index in [0.29, 0.717) is 5.92 Å². The highest BCUT2D eigenvalue weighted by molar-refractivity contribution is 6.12. The molecule has 1 aliphatic rings. The maximum atomic E-state index is 6.75. The minimum Gasteiger partial charge on any atom is -0.457 e. The van der Waals surface area contributed by atoms with Gasteiger partial charge in [-0.05, 0) is 65.6 Å². The number of para-hydroxylation sites is 2. The molecule has 5 nitrogen and oxygen atoms in total. The van der Waals surface area contributed by atoms with E-state index < -0.39 is 0 Å². The molecule has 0 atom stereocenters. The Morgan fingerprint density at radius 3 is 2.27 bits per heavy atom. The lowest BCUT2D eigenvalue weighted by molar-refractivity contribution is 0.482. The zero-order chi connectivity index (χ0) is 30.4. The monoisotopic (exact) mass is 584 g/mol. The molecule has 4 aromatic heterocycles. The first kappa shape index (κ1) is 26.0. The van der Waals surface area contributed by atoms with Crippen LogP contribution in [0, 0.1) is 0 Å². The predicted molar refractivity (Wildman–Crippen MR) is 183 cm³/mol.